The Kier molecular flexibility index (Phi) is 2.38. The van der Waals surface area contributed by atoms with Crippen molar-refractivity contribution < 1.29 is 9.18 Å². The summed E-state index contributed by atoms with van der Waals surface area (Å²) in [6.07, 6.45) is 0. The molecule has 0 fully saturated rings. The Labute approximate surface area is 69.4 Å². The molecule has 0 radical (unpaired) electrons. The summed E-state index contributed by atoms with van der Waals surface area (Å²) in [5.74, 6) is -1.64. The molecule has 1 aromatic rings. The lowest BCUT2D eigenvalue weighted by atomic mass is 10.1. The standard InChI is InChI=1S/C8H9FN2O/c1-5(8(10)12)6-3-2-4-7(9)11-6/h2-5H,1H3,(H2,10,12). The fourth-order valence-electron chi connectivity index (χ4n) is 0.811. The van der Waals surface area contributed by atoms with E-state index in [9.17, 15) is 9.18 Å². The van der Waals surface area contributed by atoms with Gasteiger partial charge in [0.15, 0.2) is 0 Å². The zero-order valence-corrected chi connectivity index (χ0v) is 6.62. The molecule has 4 heteroatoms. The van der Waals surface area contributed by atoms with E-state index in [1.807, 2.05) is 0 Å². The van der Waals surface area contributed by atoms with E-state index >= 15 is 0 Å². The lowest BCUT2D eigenvalue weighted by molar-refractivity contribution is -0.119. The minimum Gasteiger partial charge on any atom is -0.369 e. The van der Waals surface area contributed by atoms with Crippen molar-refractivity contribution in [1.82, 2.24) is 4.98 Å². The van der Waals surface area contributed by atoms with Crippen LogP contribution in [0.15, 0.2) is 18.2 Å². The number of carbonyl (C=O) groups excluding carboxylic acids is 1. The highest BCUT2D eigenvalue weighted by atomic mass is 19.1. The Hall–Kier alpha value is -1.45. The first kappa shape index (κ1) is 8.64. The number of hydrogen-bond acceptors (Lipinski definition) is 2. The van der Waals surface area contributed by atoms with Crippen LogP contribution in [-0.4, -0.2) is 10.9 Å². The predicted molar refractivity (Wildman–Crippen MR) is 41.8 cm³/mol. The van der Waals surface area contributed by atoms with Gasteiger partial charge in [-0.05, 0) is 19.1 Å². The van der Waals surface area contributed by atoms with Gasteiger partial charge in [-0.15, -0.1) is 0 Å². The summed E-state index contributed by atoms with van der Waals surface area (Å²) in [5.41, 5.74) is 5.38. The van der Waals surface area contributed by atoms with Gasteiger partial charge in [0, 0.05) is 0 Å². The molecule has 0 bridgehead atoms. The molecule has 0 saturated carbocycles. The number of carbonyl (C=O) groups is 1. The first-order chi connectivity index (χ1) is 5.61. The van der Waals surface area contributed by atoms with Gasteiger partial charge in [0.2, 0.25) is 11.9 Å². The van der Waals surface area contributed by atoms with E-state index in [1.165, 1.54) is 12.1 Å². The van der Waals surface area contributed by atoms with Crippen LogP contribution in [-0.2, 0) is 4.79 Å². The van der Waals surface area contributed by atoms with Gasteiger partial charge >= 0.3 is 0 Å². The van der Waals surface area contributed by atoms with E-state index in [2.05, 4.69) is 4.98 Å². The second-order valence-corrected chi connectivity index (χ2v) is 2.51. The van der Waals surface area contributed by atoms with E-state index in [1.54, 1.807) is 13.0 Å². The number of amides is 1. The van der Waals surface area contributed by atoms with Crippen molar-refractivity contribution in [3.63, 3.8) is 0 Å². The van der Waals surface area contributed by atoms with Gasteiger partial charge in [-0.2, -0.15) is 4.39 Å². The lowest BCUT2D eigenvalue weighted by Gasteiger charge is -2.04. The van der Waals surface area contributed by atoms with Crippen molar-refractivity contribution in [3.05, 3.63) is 29.8 Å². The maximum atomic E-state index is 12.5. The van der Waals surface area contributed by atoms with Crippen LogP contribution in [0.1, 0.15) is 18.5 Å². The highest BCUT2D eigenvalue weighted by Crippen LogP contribution is 2.11. The molecule has 0 spiro atoms. The quantitative estimate of drug-likeness (QED) is 0.664. The number of aromatic nitrogens is 1. The van der Waals surface area contributed by atoms with Crippen molar-refractivity contribution in [2.45, 2.75) is 12.8 Å². The zero-order valence-electron chi connectivity index (χ0n) is 6.62. The smallest absolute Gasteiger partial charge is 0.226 e. The Morgan fingerprint density at radius 2 is 2.33 bits per heavy atom. The van der Waals surface area contributed by atoms with E-state index in [0.717, 1.165) is 0 Å². The van der Waals surface area contributed by atoms with Gasteiger partial charge in [0.1, 0.15) is 0 Å². The second-order valence-electron chi connectivity index (χ2n) is 2.51. The number of pyridine rings is 1. The first-order valence-corrected chi connectivity index (χ1v) is 3.53. The topological polar surface area (TPSA) is 56.0 Å². The molecule has 64 valence electrons. The van der Waals surface area contributed by atoms with Crippen LogP contribution < -0.4 is 5.73 Å². The molecule has 3 nitrogen and oxygen atoms in total. The van der Waals surface area contributed by atoms with Crippen LogP contribution in [0.3, 0.4) is 0 Å². The lowest BCUT2D eigenvalue weighted by Crippen LogP contribution is -2.19. The first-order valence-electron chi connectivity index (χ1n) is 3.53. The third-order valence-electron chi connectivity index (χ3n) is 1.61. The monoisotopic (exact) mass is 168 g/mol. The molecule has 1 aromatic heterocycles. The van der Waals surface area contributed by atoms with Gasteiger partial charge in [-0.1, -0.05) is 6.07 Å². The molecule has 1 unspecified atom stereocenters. The van der Waals surface area contributed by atoms with Crippen molar-refractivity contribution >= 4 is 5.91 Å². The van der Waals surface area contributed by atoms with Crippen molar-refractivity contribution in [2.24, 2.45) is 5.73 Å². The number of rotatable bonds is 2. The minimum absolute atomic E-state index is 0.363. The van der Waals surface area contributed by atoms with Crippen LogP contribution in [0.4, 0.5) is 4.39 Å². The van der Waals surface area contributed by atoms with Crippen LogP contribution >= 0.6 is 0 Å². The second kappa shape index (κ2) is 3.30. The van der Waals surface area contributed by atoms with Crippen LogP contribution in [0.2, 0.25) is 0 Å². The van der Waals surface area contributed by atoms with Crippen LogP contribution in [0, 0.1) is 5.95 Å². The Morgan fingerprint density at radius 1 is 1.67 bits per heavy atom. The molecular weight excluding hydrogens is 159 g/mol. The number of hydrogen-bond donors (Lipinski definition) is 1. The normalized spacial score (nSPS) is 12.5. The van der Waals surface area contributed by atoms with E-state index in [4.69, 9.17) is 5.73 Å². The van der Waals surface area contributed by atoms with Crippen molar-refractivity contribution in [2.75, 3.05) is 0 Å². The number of nitrogens with two attached hydrogens (primary N) is 1. The highest BCUT2D eigenvalue weighted by molar-refractivity contribution is 5.80. The van der Waals surface area contributed by atoms with Crippen LogP contribution in [0.5, 0.6) is 0 Å². The summed E-state index contributed by atoms with van der Waals surface area (Å²) in [6.45, 7) is 1.59. The van der Waals surface area contributed by atoms with Gasteiger partial charge in [0.25, 0.3) is 0 Å². The SMILES string of the molecule is CC(C(N)=O)c1cccc(F)n1. The van der Waals surface area contributed by atoms with Crippen molar-refractivity contribution in [3.8, 4) is 0 Å². The summed E-state index contributed by atoms with van der Waals surface area (Å²) < 4.78 is 12.5. The molecular formula is C8H9FN2O. The van der Waals surface area contributed by atoms with E-state index in [0.29, 0.717) is 5.69 Å². The average Bonchev–Trinajstić information content (AvgIpc) is 2.03. The Bertz CT molecular complexity index is 301. The summed E-state index contributed by atoms with van der Waals surface area (Å²) in [4.78, 5) is 14.2. The summed E-state index contributed by atoms with van der Waals surface area (Å²) >= 11 is 0. The van der Waals surface area contributed by atoms with E-state index < -0.39 is 17.8 Å². The minimum atomic E-state index is -0.597. The molecule has 2 N–H and O–H groups in total. The molecule has 0 aromatic carbocycles. The molecule has 0 saturated heterocycles. The van der Waals surface area contributed by atoms with Gasteiger partial charge in [-0.25, -0.2) is 4.98 Å². The molecule has 1 heterocycles. The summed E-state index contributed by atoms with van der Waals surface area (Å²) in [5, 5.41) is 0. The molecule has 1 rings (SSSR count). The highest BCUT2D eigenvalue weighted by Gasteiger charge is 2.12. The van der Waals surface area contributed by atoms with Crippen molar-refractivity contribution in [1.29, 1.82) is 0 Å². The zero-order chi connectivity index (χ0) is 9.14. The molecule has 0 aliphatic carbocycles. The number of primary amides is 1. The van der Waals surface area contributed by atoms with E-state index in [-0.39, 0.29) is 0 Å². The maximum Gasteiger partial charge on any atom is 0.226 e. The largest absolute Gasteiger partial charge is 0.369 e. The van der Waals surface area contributed by atoms with Gasteiger partial charge in [0.05, 0.1) is 11.6 Å². The fraction of sp³-hybridized carbons (Fsp3) is 0.250. The third-order valence-corrected chi connectivity index (χ3v) is 1.61. The predicted octanol–water partition coefficient (Wildman–Crippen LogP) is 0.810. The summed E-state index contributed by atoms with van der Waals surface area (Å²) in [6, 6.07) is 4.28. The molecule has 1 atom stereocenters. The number of nitrogens with zero attached hydrogens (tertiary/aromatic N) is 1. The molecule has 0 aliphatic rings. The Morgan fingerprint density at radius 3 is 2.83 bits per heavy atom. The van der Waals surface area contributed by atoms with Crippen LogP contribution in [0.25, 0.3) is 0 Å². The molecule has 0 aliphatic heterocycles. The molecule has 12 heavy (non-hydrogen) atoms. The maximum absolute atomic E-state index is 12.5. The van der Waals surface area contributed by atoms with Gasteiger partial charge < -0.3 is 5.73 Å². The molecule has 1 amide bonds. The van der Waals surface area contributed by atoms with Gasteiger partial charge in [-0.3, -0.25) is 4.79 Å². The summed E-state index contributed by atoms with van der Waals surface area (Å²) in [7, 11) is 0. The Balaban J connectivity index is 2.95. The average molecular weight is 168 g/mol. The fourth-order valence-corrected chi connectivity index (χ4v) is 0.811. The number of halogens is 1. The third kappa shape index (κ3) is 1.78.